The lowest BCUT2D eigenvalue weighted by Gasteiger charge is -2.26. The van der Waals surface area contributed by atoms with Gasteiger partial charge in [0.25, 0.3) is 0 Å². The summed E-state index contributed by atoms with van der Waals surface area (Å²) in [5.74, 6) is -0.322. The quantitative estimate of drug-likeness (QED) is 0.482. The van der Waals surface area contributed by atoms with E-state index >= 15 is 0 Å². The molecule has 0 spiro atoms. The molecule has 0 N–H and O–H groups in total. The fourth-order valence-electron chi connectivity index (χ4n) is 2.83. The van der Waals surface area contributed by atoms with Crippen LogP contribution in [0.5, 0.6) is 0 Å². The summed E-state index contributed by atoms with van der Waals surface area (Å²) in [5.41, 5.74) is 0.795. The largest absolute Gasteiger partial charge is 0.462 e. The Bertz CT molecular complexity index is 473. The van der Waals surface area contributed by atoms with E-state index in [4.69, 9.17) is 9.47 Å². The Hall–Kier alpha value is -1.61. The van der Waals surface area contributed by atoms with E-state index in [1.165, 1.54) is 31.8 Å². The molecule has 0 saturated heterocycles. The van der Waals surface area contributed by atoms with Crippen molar-refractivity contribution in [3.05, 3.63) is 48.6 Å². The van der Waals surface area contributed by atoms with Crippen molar-refractivity contribution in [3.8, 4) is 0 Å². The number of hydrogen-bond acceptors (Lipinski definition) is 3. The molecule has 2 bridgehead atoms. The molecule has 2 unspecified atom stereocenters. The summed E-state index contributed by atoms with van der Waals surface area (Å²) in [7, 11) is 0. The number of carbonyl (C=O) groups is 1. The third-order valence-corrected chi connectivity index (χ3v) is 4.19. The first kappa shape index (κ1) is 17.7. The Morgan fingerprint density at radius 2 is 1.83 bits per heavy atom. The molecular formula is C20H28O3. The summed E-state index contributed by atoms with van der Waals surface area (Å²) in [6.07, 6.45) is 20.7. The highest BCUT2D eigenvalue weighted by Crippen LogP contribution is 2.22. The van der Waals surface area contributed by atoms with Crippen molar-refractivity contribution in [3.63, 3.8) is 0 Å². The van der Waals surface area contributed by atoms with Crippen LogP contribution in [0.4, 0.5) is 0 Å². The number of cyclic esters (lactones) is 1. The molecule has 2 rings (SSSR count). The van der Waals surface area contributed by atoms with Gasteiger partial charge in [0.15, 0.2) is 0 Å². The van der Waals surface area contributed by atoms with Crippen LogP contribution in [-0.2, 0) is 14.3 Å². The molecule has 3 nitrogen and oxygen atoms in total. The van der Waals surface area contributed by atoms with Crippen LogP contribution in [0.1, 0.15) is 51.4 Å². The number of carbonyl (C=O) groups excluding carboxylic acids is 1. The lowest BCUT2D eigenvalue weighted by atomic mass is 10.0. The van der Waals surface area contributed by atoms with Crippen LogP contribution in [0.3, 0.4) is 0 Å². The monoisotopic (exact) mass is 316 g/mol. The normalized spacial score (nSPS) is 30.8. The zero-order valence-corrected chi connectivity index (χ0v) is 13.9. The summed E-state index contributed by atoms with van der Waals surface area (Å²) < 4.78 is 11.2. The van der Waals surface area contributed by atoms with Crippen LogP contribution >= 0.6 is 0 Å². The summed E-state index contributed by atoms with van der Waals surface area (Å²) in [5, 5.41) is 0. The standard InChI is InChI=1S/C20H28O3/c1-17-14-15-20(21)22-16-9-7-5-3-2-4-6-8-11-18-12-10-13-19(17)23-18/h5,7,10,13-15,18-19H,1-4,6,8-9,11-12,16H2/b7-5-,15-14-. The number of fused-ring (bicyclic) bond motifs is 2. The van der Waals surface area contributed by atoms with Crippen molar-refractivity contribution in [1.82, 2.24) is 0 Å². The van der Waals surface area contributed by atoms with Crippen LogP contribution in [-0.4, -0.2) is 24.8 Å². The topological polar surface area (TPSA) is 35.5 Å². The number of ether oxygens (including phenoxy) is 2. The number of rotatable bonds is 0. The van der Waals surface area contributed by atoms with Gasteiger partial charge in [0.1, 0.15) is 6.10 Å². The first-order chi connectivity index (χ1) is 11.3. The molecule has 2 aliphatic rings. The molecule has 0 aromatic heterocycles. The molecule has 0 aromatic carbocycles. The summed E-state index contributed by atoms with van der Waals surface area (Å²) in [6, 6.07) is 0. The lowest BCUT2D eigenvalue weighted by Crippen LogP contribution is -2.25. The Morgan fingerprint density at radius 3 is 2.74 bits per heavy atom. The smallest absolute Gasteiger partial charge is 0.330 e. The third-order valence-electron chi connectivity index (χ3n) is 4.19. The average Bonchev–Trinajstić information content (AvgIpc) is 2.57. The van der Waals surface area contributed by atoms with Gasteiger partial charge in [-0.25, -0.2) is 4.79 Å². The van der Waals surface area contributed by atoms with Crippen molar-refractivity contribution in [2.75, 3.05) is 6.61 Å². The highest BCUT2D eigenvalue weighted by atomic mass is 16.5. The predicted octanol–water partition coefficient (Wildman–Crippen LogP) is 4.66. The second-order valence-electron chi connectivity index (χ2n) is 6.17. The van der Waals surface area contributed by atoms with Gasteiger partial charge in [-0.15, -0.1) is 0 Å². The summed E-state index contributed by atoms with van der Waals surface area (Å²) in [6.45, 7) is 4.44. The van der Waals surface area contributed by atoms with E-state index in [1.807, 2.05) is 6.08 Å². The maximum Gasteiger partial charge on any atom is 0.330 e. The van der Waals surface area contributed by atoms with Crippen LogP contribution in [0.15, 0.2) is 48.6 Å². The zero-order chi connectivity index (χ0) is 16.3. The maximum absolute atomic E-state index is 11.7. The number of esters is 1. The van der Waals surface area contributed by atoms with E-state index in [0.29, 0.717) is 6.61 Å². The molecule has 0 aromatic rings. The molecule has 0 amide bonds. The average molecular weight is 316 g/mol. The molecule has 23 heavy (non-hydrogen) atoms. The van der Waals surface area contributed by atoms with Gasteiger partial charge in [0, 0.05) is 6.08 Å². The van der Waals surface area contributed by atoms with E-state index in [0.717, 1.165) is 31.3 Å². The SMILES string of the molecule is C=C1/C=C\C(=O)OCC/C=C\CCCCCCC2CC=CC1O2. The van der Waals surface area contributed by atoms with E-state index in [9.17, 15) is 4.79 Å². The second-order valence-corrected chi connectivity index (χ2v) is 6.17. The molecule has 3 heteroatoms. The maximum atomic E-state index is 11.7. The van der Waals surface area contributed by atoms with Crippen LogP contribution in [0.25, 0.3) is 0 Å². The molecule has 0 fully saturated rings. The summed E-state index contributed by atoms with van der Waals surface area (Å²) in [4.78, 5) is 11.7. The van der Waals surface area contributed by atoms with Gasteiger partial charge in [-0.1, -0.05) is 50.1 Å². The fourth-order valence-corrected chi connectivity index (χ4v) is 2.83. The highest BCUT2D eigenvalue weighted by molar-refractivity contribution is 5.82. The summed E-state index contributed by atoms with van der Waals surface area (Å²) >= 11 is 0. The molecule has 126 valence electrons. The van der Waals surface area contributed by atoms with Crippen molar-refractivity contribution in [2.24, 2.45) is 0 Å². The van der Waals surface area contributed by atoms with Crippen LogP contribution < -0.4 is 0 Å². The fraction of sp³-hybridized carbons (Fsp3) is 0.550. The van der Waals surface area contributed by atoms with Crippen molar-refractivity contribution in [1.29, 1.82) is 0 Å². The minimum Gasteiger partial charge on any atom is -0.462 e. The molecular weight excluding hydrogens is 288 g/mol. The van der Waals surface area contributed by atoms with Gasteiger partial charge in [-0.2, -0.15) is 0 Å². The van der Waals surface area contributed by atoms with Crippen molar-refractivity contribution in [2.45, 2.75) is 63.6 Å². The second kappa shape index (κ2) is 10.2. The molecule has 0 saturated carbocycles. The minimum absolute atomic E-state index is 0.125. The Morgan fingerprint density at radius 1 is 1.00 bits per heavy atom. The highest BCUT2D eigenvalue weighted by Gasteiger charge is 2.19. The molecule has 2 atom stereocenters. The van der Waals surface area contributed by atoms with Crippen LogP contribution in [0, 0.1) is 0 Å². The lowest BCUT2D eigenvalue weighted by molar-refractivity contribution is -0.137. The van der Waals surface area contributed by atoms with Crippen LogP contribution in [0.2, 0.25) is 0 Å². The number of allylic oxidation sites excluding steroid dienone is 1. The predicted molar refractivity (Wildman–Crippen MR) is 93.1 cm³/mol. The van der Waals surface area contributed by atoms with E-state index in [1.54, 1.807) is 6.08 Å². The Balaban J connectivity index is 1.93. The van der Waals surface area contributed by atoms with E-state index < -0.39 is 0 Å². The molecule has 0 aliphatic carbocycles. The first-order valence-corrected chi connectivity index (χ1v) is 8.76. The van der Waals surface area contributed by atoms with Crippen molar-refractivity contribution < 1.29 is 14.3 Å². The molecule has 2 aliphatic heterocycles. The third kappa shape index (κ3) is 7.00. The van der Waals surface area contributed by atoms with Crippen molar-refractivity contribution >= 4 is 5.97 Å². The number of hydrogen-bond donors (Lipinski definition) is 0. The first-order valence-electron chi connectivity index (χ1n) is 8.76. The van der Waals surface area contributed by atoms with Gasteiger partial charge in [0.05, 0.1) is 12.7 Å². The molecule has 2 heterocycles. The Labute approximate surface area is 139 Å². The van der Waals surface area contributed by atoms with E-state index in [2.05, 4.69) is 24.8 Å². The van der Waals surface area contributed by atoms with E-state index in [-0.39, 0.29) is 18.2 Å². The van der Waals surface area contributed by atoms with Gasteiger partial charge in [0.2, 0.25) is 0 Å². The molecule has 0 radical (unpaired) electrons. The van der Waals surface area contributed by atoms with Gasteiger partial charge in [-0.05, 0) is 43.8 Å². The Kier molecular flexibility index (Phi) is 7.88. The van der Waals surface area contributed by atoms with Gasteiger partial charge in [-0.3, -0.25) is 0 Å². The minimum atomic E-state index is -0.322. The van der Waals surface area contributed by atoms with Gasteiger partial charge >= 0.3 is 5.97 Å². The van der Waals surface area contributed by atoms with Gasteiger partial charge < -0.3 is 9.47 Å². The zero-order valence-electron chi connectivity index (χ0n) is 13.9.